The van der Waals surface area contributed by atoms with E-state index in [4.69, 9.17) is 0 Å². The normalized spacial score (nSPS) is 21.7. The van der Waals surface area contributed by atoms with Gasteiger partial charge in [-0.25, -0.2) is 0 Å². The molecule has 0 fully saturated rings. The largest absolute Gasteiger partial charge is 0.352 e. The molecule has 0 radical (unpaired) electrons. The summed E-state index contributed by atoms with van der Waals surface area (Å²) in [6.07, 6.45) is 3.65. The van der Waals surface area contributed by atoms with Gasteiger partial charge < -0.3 is 10.6 Å². The van der Waals surface area contributed by atoms with Gasteiger partial charge in [0.25, 0.3) is 11.6 Å². The fraction of sp³-hybridized carbons (Fsp3) is 0.389. The number of hydrogen-bond acceptors (Lipinski definition) is 5. The topological polar surface area (TPSA) is 84.3 Å². The van der Waals surface area contributed by atoms with Gasteiger partial charge in [-0.05, 0) is 36.8 Å². The number of thiophene rings is 1. The standard InChI is InChI=1S/C18H19N3O3S/c1-2-10-7-8-12-14(9-10)25-18-15(12)17(22)19-16(20-18)11-5-3-4-6-13(11)21(23)24/h3-6,10,16,20H,2,7-9H2,1H3,(H,19,22)/t10-,16+/m1/s1. The van der Waals surface area contributed by atoms with E-state index in [1.54, 1.807) is 29.5 Å². The van der Waals surface area contributed by atoms with Crippen molar-refractivity contribution in [1.29, 1.82) is 0 Å². The van der Waals surface area contributed by atoms with Crippen LogP contribution in [0.1, 0.15) is 52.3 Å². The Hall–Kier alpha value is -2.41. The minimum atomic E-state index is -0.580. The van der Waals surface area contributed by atoms with Gasteiger partial charge in [-0.15, -0.1) is 11.3 Å². The lowest BCUT2D eigenvalue weighted by Crippen LogP contribution is -2.38. The van der Waals surface area contributed by atoms with E-state index in [0.717, 1.165) is 41.8 Å². The van der Waals surface area contributed by atoms with Crippen LogP contribution in [0.15, 0.2) is 24.3 Å². The van der Waals surface area contributed by atoms with Gasteiger partial charge in [-0.3, -0.25) is 14.9 Å². The monoisotopic (exact) mass is 357 g/mol. The predicted molar refractivity (Wildman–Crippen MR) is 97.1 cm³/mol. The number of hydrogen-bond donors (Lipinski definition) is 2. The molecule has 7 heteroatoms. The summed E-state index contributed by atoms with van der Waals surface area (Å²) in [6.45, 7) is 2.21. The van der Waals surface area contributed by atoms with Gasteiger partial charge in [-0.2, -0.15) is 0 Å². The Kier molecular flexibility index (Phi) is 3.95. The smallest absolute Gasteiger partial charge is 0.276 e. The Labute approximate surface area is 149 Å². The van der Waals surface area contributed by atoms with Crippen molar-refractivity contribution in [1.82, 2.24) is 5.32 Å². The van der Waals surface area contributed by atoms with Crippen molar-refractivity contribution in [2.45, 2.75) is 38.8 Å². The van der Waals surface area contributed by atoms with Crippen LogP contribution in [0.5, 0.6) is 0 Å². The third kappa shape index (κ3) is 2.68. The first-order valence-corrected chi connectivity index (χ1v) is 9.35. The zero-order valence-electron chi connectivity index (χ0n) is 13.9. The molecule has 1 amide bonds. The van der Waals surface area contributed by atoms with Crippen molar-refractivity contribution in [3.8, 4) is 0 Å². The molecule has 2 aromatic rings. The van der Waals surface area contributed by atoms with Crippen LogP contribution in [0, 0.1) is 16.0 Å². The minimum absolute atomic E-state index is 0.0103. The SMILES string of the molecule is CC[C@@H]1CCc2c(sc3c2C(=O)N[C@H](c2ccccc2[N+](=O)[O-])N3)C1. The molecule has 4 rings (SSSR count). The minimum Gasteiger partial charge on any atom is -0.352 e. The Bertz CT molecular complexity index is 861. The van der Waals surface area contributed by atoms with Crippen LogP contribution >= 0.6 is 11.3 Å². The summed E-state index contributed by atoms with van der Waals surface area (Å²) in [7, 11) is 0. The number of anilines is 1. The lowest BCUT2D eigenvalue weighted by Gasteiger charge is -2.27. The van der Waals surface area contributed by atoms with Gasteiger partial charge in [0.15, 0.2) is 0 Å². The summed E-state index contributed by atoms with van der Waals surface area (Å²) in [5.41, 5.74) is 2.39. The number of benzene rings is 1. The number of nitro benzene ring substituents is 1. The molecule has 1 aromatic heterocycles. The first-order chi connectivity index (χ1) is 12.1. The third-order valence-corrected chi connectivity index (χ3v) is 6.35. The molecule has 25 heavy (non-hydrogen) atoms. The summed E-state index contributed by atoms with van der Waals surface area (Å²) in [5.74, 6) is 0.547. The number of nitrogens with zero attached hydrogens (tertiary/aromatic N) is 1. The van der Waals surface area contributed by atoms with Gasteiger partial charge in [0, 0.05) is 10.9 Å². The van der Waals surface area contributed by atoms with Gasteiger partial charge >= 0.3 is 0 Å². The van der Waals surface area contributed by atoms with Gasteiger partial charge in [-0.1, -0.05) is 25.5 Å². The van der Waals surface area contributed by atoms with Crippen molar-refractivity contribution in [2.24, 2.45) is 5.92 Å². The van der Waals surface area contributed by atoms with Crippen LogP contribution in [-0.4, -0.2) is 10.8 Å². The first kappa shape index (κ1) is 16.1. The molecule has 130 valence electrons. The van der Waals surface area contributed by atoms with E-state index in [0.29, 0.717) is 11.5 Å². The Morgan fingerprint density at radius 3 is 2.88 bits per heavy atom. The Morgan fingerprint density at radius 1 is 1.32 bits per heavy atom. The molecule has 6 nitrogen and oxygen atoms in total. The number of amides is 1. The van der Waals surface area contributed by atoms with Crippen LogP contribution in [-0.2, 0) is 12.8 Å². The second-order valence-electron chi connectivity index (χ2n) is 6.59. The van der Waals surface area contributed by atoms with Crippen LogP contribution < -0.4 is 10.6 Å². The molecule has 0 saturated heterocycles. The quantitative estimate of drug-likeness (QED) is 0.642. The van der Waals surface area contributed by atoms with Crippen molar-refractivity contribution < 1.29 is 9.72 Å². The molecule has 1 aliphatic heterocycles. The maximum Gasteiger partial charge on any atom is 0.276 e. The van der Waals surface area contributed by atoms with E-state index in [2.05, 4.69) is 17.6 Å². The highest BCUT2D eigenvalue weighted by Crippen LogP contribution is 2.43. The van der Waals surface area contributed by atoms with Crippen molar-refractivity contribution in [3.63, 3.8) is 0 Å². The molecule has 1 aliphatic carbocycles. The average molecular weight is 357 g/mol. The highest BCUT2D eigenvalue weighted by atomic mass is 32.1. The van der Waals surface area contributed by atoms with Crippen molar-refractivity contribution in [2.75, 3.05) is 5.32 Å². The second-order valence-corrected chi connectivity index (χ2v) is 7.70. The van der Waals surface area contributed by atoms with E-state index in [-0.39, 0.29) is 11.6 Å². The fourth-order valence-corrected chi connectivity index (χ4v) is 5.16. The van der Waals surface area contributed by atoms with Gasteiger partial charge in [0.1, 0.15) is 11.2 Å². The Morgan fingerprint density at radius 2 is 2.12 bits per heavy atom. The lowest BCUT2D eigenvalue weighted by atomic mass is 9.85. The van der Waals surface area contributed by atoms with Crippen molar-refractivity contribution >= 4 is 27.9 Å². The molecule has 2 N–H and O–H groups in total. The Balaban J connectivity index is 1.70. The number of rotatable bonds is 3. The third-order valence-electron chi connectivity index (χ3n) is 5.17. The number of carbonyl (C=O) groups is 1. The van der Waals surface area contributed by atoms with Crippen molar-refractivity contribution in [3.05, 3.63) is 55.9 Å². The average Bonchev–Trinajstić information content (AvgIpc) is 2.99. The maximum atomic E-state index is 12.7. The first-order valence-electron chi connectivity index (χ1n) is 8.53. The number of para-hydroxylation sites is 1. The van der Waals surface area contributed by atoms with Crippen LogP contribution in [0.4, 0.5) is 10.7 Å². The predicted octanol–water partition coefficient (Wildman–Crippen LogP) is 4.03. The van der Waals surface area contributed by atoms with Gasteiger partial charge in [0.2, 0.25) is 0 Å². The molecule has 2 aliphatic rings. The van der Waals surface area contributed by atoms with Crippen LogP contribution in [0.3, 0.4) is 0 Å². The van der Waals surface area contributed by atoms with E-state index >= 15 is 0 Å². The molecular formula is C18H19N3O3S. The van der Waals surface area contributed by atoms with E-state index in [1.165, 1.54) is 10.9 Å². The van der Waals surface area contributed by atoms with E-state index < -0.39 is 11.1 Å². The summed E-state index contributed by atoms with van der Waals surface area (Å²) < 4.78 is 0. The van der Waals surface area contributed by atoms with Crippen LogP contribution in [0.2, 0.25) is 0 Å². The second kappa shape index (κ2) is 6.15. The molecule has 2 heterocycles. The van der Waals surface area contributed by atoms with E-state index in [9.17, 15) is 14.9 Å². The van der Waals surface area contributed by atoms with E-state index in [1.807, 2.05) is 0 Å². The molecule has 2 atom stereocenters. The summed E-state index contributed by atoms with van der Waals surface area (Å²) in [5, 5.41) is 18.3. The lowest BCUT2D eigenvalue weighted by molar-refractivity contribution is -0.385. The zero-order chi connectivity index (χ0) is 17.6. The summed E-state index contributed by atoms with van der Waals surface area (Å²) in [4.78, 5) is 24.9. The highest BCUT2D eigenvalue weighted by molar-refractivity contribution is 7.16. The molecule has 1 aromatic carbocycles. The number of fused-ring (bicyclic) bond motifs is 3. The number of carbonyl (C=O) groups excluding carboxylic acids is 1. The molecule has 0 spiro atoms. The highest BCUT2D eigenvalue weighted by Gasteiger charge is 2.35. The maximum absolute atomic E-state index is 12.7. The number of nitro groups is 1. The molecule has 0 bridgehead atoms. The molecular weight excluding hydrogens is 338 g/mol. The van der Waals surface area contributed by atoms with Gasteiger partial charge in [0.05, 0.1) is 16.1 Å². The zero-order valence-corrected chi connectivity index (χ0v) is 14.7. The number of nitrogens with one attached hydrogen (secondary N) is 2. The summed E-state index contributed by atoms with van der Waals surface area (Å²) in [6, 6.07) is 6.52. The summed E-state index contributed by atoms with van der Waals surface area (Å²) >= 11 is 1.63. The molecule has 0 saturated carbocycles. The fourth-order valence-electron chi connectivity index (χ4n) is 3.77. The molecule has 0 unspecified atom stereocenters. The van der Waals surface area contributed by atoms with Crippen LogP contribution in [0.25, 0.3) is 0 Å².